The highest BCUT2D eigenvalue weighted by Gasteiger charge is 2.20. The van der Waals surface area contributed by atoms with Gasteiger partial charge in [0.05, 0.1) is 17.5 Å². The summed E-state index contributed by atoms with van der Waals surface area (Å²) in [7, 11) is 0. The largest absolute Gasteiger partial charge is 0.508 e. The van der Waals surface area contributed by atoms with E-state index in [1.807, 2.05) is 24.3 Å². The number of H-pyrrole nitrogens is 1. The second kappa shape index (κ2) is 5.89. The van der Waals surface area contributed by atoms with Crippen LogP contribution in [-0.4, -0.2) is 26.2 Å². The number of carboxylic acids is 1. The van der Waals surface area contributed by atoms with Crippen molar-refractivity contribution in [2.45, 2.75) is 18.8 Å². The third-order valence-corrected chi connectivity index (χ3v) is 3.68. The summed E-state index contributed by atoms with van der Waals surface area (Å²) in [5.41, 5.74) is 2.40. The summed E-state index contributed by atoms with van der Waals surface area (Å²) in [5, 5.41) is 19.1. The minimum Gasteiger partial charge on any atom is -0.508 e. The molecule has 5 heteroatoms. The molecular formula is C17H16N2O3. The molecule has 5 nitrogen and oxygen atoms in total. The monoisotopic (exact) mass is 296 g/mol. The molecule has 0 saturated heterocycles. The van der Waals surface area contributed by atoms with E-state index in [9.17, 15) is 9.90 Å². The van der Waals surface area contributed by atoms with E-state index in [0.29, 0.717) is 12.0 Å². The number of aromatic nitrogens is 2. The molecule has 1 heterocycles. The number of aromatic amines is 1. The molecule has 1 atom stereocenters. The van der Waals surface area contributed by atoms with Gasteiger partial charge < -0.3 is 15.2 Å². The van der Waals surface area contributed by atoms with Crippen LogP contribution in [0.25, 0.3) is 11.0 Å². The van der Waals surface area contributed by atoms with Crippen LogP contribution in [0.1, 0.15) is 23.7 Å². The summed E-state index contributed by atoms with van der Waals surface area (Å²) < 4.78 is 0. The van der Waals surface area contributed by atoms with E-state index in [2.05, 4.69) is 9.97 Å². The number of carbonyl (C=O) groups is 1. The summed E-state index contributed by atoms with van der Waals surface area (Å²) in [5.74, 6) is -0.399. The van der Waals surface area contributed by atoms with Gasteiger partial charge >= 0.3 is 5.97 Å². The number of rotatable bonds is 5. The highest BCUT2D eigenvalue weighted by molar-refractivity contribution is 5.74. The number of fused-ring (bicyclic) bond motifs is 1. The molecule has 3 N–H and O–H groups in total. The molecule has 3 rings (SSSR count). The Bertz CT molecular complexity index is 777. The average molecular weight is 296 g/mol. The van der Waals surface area contributed by atoms with E-state index >= 15 is 0 Å². The number of nitrogens with one attached hydrogen (secondary N) is 1. The predicted octanol–water partition coefficient (Wildman–Crippen LogP) is 3.07. The Labute approximate surface area is 127 Å². The number of aliphatic carboxylic acids is 1. The predicted molar refractivity (Wildman–Crippen MR) is 82.9 cm³/mol. The van der Waals surface area contributed by atoms with Gasteiger partial charge in [0.25, 0.3) is 0 Å². The number of benzene rings is 2. The third kappa shape index (κ3) is 2.93. The highest BCUT2D eigenvalue weighted by atomic mass is 16.4. The molecule has 22 heavy (non-hydrogen) atoms. The first-order valence-corrected chi connectivity index (χ1v) is 7.07. The Hall–Kier alpha value is -2.82. The van der Waals surface area contributed by atoms with E-state index in [1.54, 1.807) is 24.3 Å². The van der Waals surface area contributed by atoms with Crippen LogP contribution in [0.2, 0.25) is 0 Å². The molecule has 1 aromatic heterocycles. The van der Waals surface area contributed by atoms with Crippen LogP contribution in [-0.2, 0) is 11.2 Å². The zero-order valence-corrected chi connectivity index (χ0v) is 11.9. The lowest BCUT2D eigenvalue weighted by atomic mass is 9.91. The molecule has 1 unspecified atom stereocenters. The highest BCUT2D eigenvalue weighted by Crippen LogP contribution is 2.30. The molecule has 0 aliphatic carbocycles. The molecule has 0 bridgehead atoms. The number of para-hydroxylation sites is 3. The lowest BCUT2D eigenvalue weighted by Gasteiger charge is -2.15. The van der Waals surface area contributed by atoms with Crippen molar-refractivity contribution in [3.63, 3.8) is 0 Å². The first-order chi connectivity index (χ1) is 10.6. The van der Waals surface area contributed by atoms with Crippen molar-refractivity contribution in [3.05, 3.63) is 59.9 Å². The van der Waals surface area contributed by atoms with E-state index in [1.165, 1.54) is 0 Å². The van der Waals surface area contributed by atoms with Crippen LogP contribution in [0.5, 0.6) is 5.75 Å². The molecule has 0 amide bonds. The number of hydrogen-bond acceptors (Lipinski definition) is 3. The fourth-order valence-corrected chi connectivity index (χ4v) is 2.67. The Morgan fingerprint density at radius 2 is 1.86 bits per heavy atom. The Morgan fingerprint density at radius 3 is 2.59 bits per heavy atom. The molecule has 0 saturated carbocycles. The quantitative estimate of drug-likeness (QED) is 0.675. The Morgan fingerprint density at radius 1 is 1.14 bits per heavy atom. The van der Waals surface area contributed by atoms with Crippen molar-refractivity contribution in [3.8, 4) is 5.75 Å². The Kier molecular flexibility index (Phi) is 3.78. The summed E-state index contributed by atoms with van der Waals surface area (Å²) >= 11 is 0. The maximum Gasteiger partial charge on any atom is 0.303 e. The summed E-state index contributed by atoms with van der Waals surface area (Å²) in [4.78, 5) is 18.8. The topological polar surface area (TPSA) is 86.2 Å². The fraction of sp³-hybridized carbons (Fsp3) is 0.176. The van der Waals surface area contributed by atoms with Crippen LogP contribution < -0.4 is 0 Å². The van der Waals surface area contributed by atoms with Gasteiger partial charge in [-0.1, -0.05) is 30.3 Å². The summed E-state index contributed by atoms with van der Waals surface area (Å²) in [6.45, 7) is 0. The number of hydrogen-bond donors (Lipinski definition) is 3. The molecule has 0 fully saturated rings. The molecule has 112 valence electrons. The van der Waals surface area contributed by atoms with Gasteiger partial charge in [0.2, 0.25) is 0 Å². The zero-order valence-electron chi connectivity index (χ0n) is 11.9. The first-order valence-electron chi connectivity index (χ1n) is 7.07. The van der Waals surface area contributed by atoms with E-state index in [0.717, 1.165) is 16.9 Å². The molecule has 0 spiro atoms. The molecule has 0 aliphatic heterocycles. The number of phenolic OH excluding ortho intramolecular Hbond substituents is 1. The minimum absolute atomic E-state index is 0.0609. The number of aromatic hydroxyl groups is 1. The number of imidazole rings is 1. The smallest absolute Gasteiger partial charge is 0.303 e. The Balaban J connectivity index is 1.92. The lowest BCUT2D eigenvalue weighted by molar-refractivity contribution is -0.137. The van der Waals surface area contributed by atoms with Gasteiger partial charge in [0, 0.05) is 12.3 Å². The standard InChI is InChI=1S/C17H16N2O3/c20-15-8-4-1-5-12(15)11(10-17(21)22)9-16-18-13-6-2-3-7-14(13)19-16/h1-8,11,20H,9-10H2,(H,18,19)(H,21,22). The number of phenols is 1. The maximum absolute atomic E-state index is 11.1. The van der Waals surface area contributed by atoms with Gasteiger partial charge in [-0.15, -0.1) is 0 Å². The van der Waals surface area contributed by atoms with Crippen LogP contribution in [0.4, 0.5) is 0 Å². The van der Waals surface area contributed by atoms with Gasteiger partial charge in [-0.05, 0) is 23.8 Å². The lowest BCUT2D eigenvalue weighted by Crippen LogP contribution is -2.10. The van der Waals surface area contributed by atoms with E-state index in [4.69, 9.17) is 5.11 Å². The normalized spacial score (nSPS) is 12.4. The molecule has 0 aliphatic rings. The van der Waals surface area contributed by atoms with Gasteiger partial charge in [0.15, 0.2) is 0 Å². The summed E-state index contributed by atoms with van der Waals surface area (Å²) in [6.07, 6.45) is 0.368. The first kappa shape index (κ1) is 14.1. The number of carboxylic acid groups (broad SMARTS) is 1. The maximum atomic E-state index is 11.1. The summed E-state index contributed by atoms with van der Waals surface area (Å²) in [6, 6.07) is 14.5. The van der Waals surface area contributed by atoms with Crippen LogP contribution in [0.3, 0.4) is 0 Å². The van der Waals surface area contributed by atoms with Gasteiger partial charge in [-0.25, -0.2) is 4.98 Å². The molecular weight excluding hydrogens is 280 g/mol. The van der Waals surface area contributed by atoms with Crippen LogP contribution >= 0.6 is 0 Å². The van der Waals surface area contributed by atoms with Crippen molar-refractivity contribution in [2.75, 3.05) is 0 Å². The van der Waals surface area contributed by atoms with E-state index < -0.39 is 5.97 Å². The fourth-order valence-electron chi connectivity index (χ4n) is 2.67. The van der Waals surface area contributed by atoms with E-state index in [-0.39, 0.29) is 18.1 Å². The average Bonchev–Trinajstić information content (AvgIpc) is 2.89. The van der Waals surface area contributed by atoms with Crippen molar-refractivity contribution in [1.29, 1.82) is 0 Å². The third-order valence-electron chi connectivity index (χ3n) is 3.68. The second-order valence-electron chi connectivity index (χ2n) is 5.26. The number of nitrogens with zero attached hydrogens (tertiary/aromatic N) is 1. The zero-order chi connectivity index (χ0) is 15.5. The van der Waals surface area contributed by atoms with Gasteiger partial charge in [0.1, 0.15) is 11.6 Å². The minimum atomic E-state index is -0.899. The molecule has 0 radical (unpaired) electrons. The second-order valence-corrected chi connectivity index (χ2v) is 5.26. The molecule has 3 aromatic rings. The van der Waals surface area contributed by atoms with Crippen molar-refractivity contribution in [1.82, 2.24) is 9.97 Å². The molecule has 2 aromatic carbocycles. The van der Waals surface area contributed by atoms with Crippen LogP contribution in [0.15, 0.2) is 48.5 Å². The van der Waals surface area contributed by atoms with Gasteiger partial charge in [-0.3, -0.25) is 4.79 Å². The van der Waals surface area contributed by atoms with Gasteiger partial charge in [-0.2, -0.15) is 0 Å². The van der Waals surface area contributed by atoms with Crippen molar-refractivity contribution < 1.29 is 15.0 Å². The van der Waals surface area contributed by atoms with Crippen molar-refractivity contribution >= 4 is 17.0 Å². The van der Waals surface area contributed by atoms with Crippen molar-refractivity contribution in [2.24, 2.45) is 0 Å². The SMILES string of the molecule is O=C(O)CC(Cc1nc2ccccc2[nH]1)c1ccccc1O. The van der Waals surface area contributed by atoms with Crippen LogP contribution in [0, 0.1) is 0 Å².